The average Bonchev–Trinajstić information content (AvgIpc) is 3.03. The van der Waals surface area contributed by atoms with Gasteiger partial charge in [-0.05, 0) is 54.4 Å². The van der Waals surface area contributed by atoms with Gasteiger partial charge in [-0.1, -0.05) is 36.4 Å². The maximum absolute atomic E-state index is 14.2. The van der Waals surface area contributed by atoms with E-state index in [9.17, 15) is 9.18 Å². The Hall–Kier alpha value is -3.40. The molecule has 0 atom stereocenters. The van der Waals surface area contributed by atoms with E-state index in [0.717, 1.165) is 27.7 Å². The van der Waals surface area contributed by atoms with E-state index in [4.69, 9.17) is 0 Å². The minimum atomic E-state index is -0.248. The number of carbonyl (C=O) groups is 1. The van der Waals surface area contributed by atoms with Crippen molar-refractivity contribution in [1.82, 2.24) is 10.3 Å². The molecule has 0 unspecified atom stereocenters. The first kappa shape index (κ1) is 17.0. The molecular formula is C23H19FN2O. The number of fused-ring (bicyclic) bond motifs is 1. The third kappa shape index (κ3) is 3.34. The summed E-state index contributed by atoms with van der Waals surface area (Å²) in [6, 6.07) is 21.9. The van der Waals surface area contributed by atoms with Gasteiger partial charge in [-0.3, -0.25) is 4.79 Å². The number of aryl methyl sites for hydroxylation is 1. The van der Waals surface area contributed by atoms with Crippen molar-refractivity contribution >= 4 is 16.8 Å². The Balaban J connectivity index is 1.60. The van der Waals surface area contributed by atoms with Crippen LogP contribution in [0.3, 0.4) is 0 Å². The molecule has 4 rings (SSSR count). The molecule has 4 aromatic rings. The number of halogens is 1. The van der Waals surface area contributed by atoms with Crippen LogP contribution in [-0.2, 0) is 6.54 Å². The van der Waals surface area contributed by atoms with Crippen molar-refractivity contribution in [3.63, 3.8) is 0 Å². The zero-order valence-corrected chi connectivity index (χ0v) is 14.9. The molecule has 0 aliphatic heterocycles. The number of carbonyl (C=O) groups excluding carboxylic acids is 1. The van der Waals surface area contributed by atoms with Crippen LogP contribution >= 0.6 is 0 Å². The second-order valence-electron chi connectivity index (χ2n) is 6.53. The summed E-state index contributed by atoms with van der Waals surface area (Å²) < 4.78 is 14.2. The molecule has 134 valence electrons. The average molecular weight is 358 g/mol. The fourth-order valence-electron chi connectivity index (χ4n) is 3.29. The highest BCUT2D eigenvalue weighted by molar-refractivity contribution is 5.94. The summed E-state index contributed by atoms with van der Waals surface area (Å²) in [4.78, 5) is 15.5. The van der Waals surface area contributed by atoms with Gasteiger partial charge in [0.15, 0.2) is 0 Å². The Morgan fingerprint density at radius 2 is 1.74 bits per heavy atom. The van der Waals surface area contributed by atoms with Crippen LogP contribution in [0.25, 0.3) is 22.2 Å². The molecule has 3 aromatic carbocycles. The van der Waals surface area contributed by atoms with Gasteiger partial charge in [0.2, 0.25) is 0 Å². The van der Waals surface area contributed by atoms with Crippen molar-refractivity contribution in [1.29, 1.82) is 0 Å². The van der Waals surface area contributed by atoms with Gasteiger partial charge in [0.05, 0.1) is 5.69 Å². The van der Waals surface area contributed by atoms with Gasteiger partial charge in [0.1, 0.15) is 5.82 Å². The van der Waals surface area contributed by atoms with Crippen LogP contribution in [0, 0.1) is 12.7 Å². The van der Waals surface area contributed by atoms with Crippen molar-refractivity contribution in [3.05, 3.63) is 95.3 Å². The van der Waals surface area contributed by atoms with Crippen LogP contribution in [0.5, 0.6) is 0 Å². The van der Waals surface area contributed by atoms with Gasteiger partial charge < -0.3 is 10.3 Å². The van der Waals surface area contributed by atoms with Crippen molar-refractivity contribution in [2.75, 3.05) is 0 Å². The number of H-pyrrole nitrogens is 1. The second-order valence-corrected chi connectivity index (χ2v) is 6.53. The van der Waals surface area contributed by atoms with Gasteiger partial charge in [-0.15, -0.1) is 0 Å². The first-order valence-electron chi connectivity index (χ1n) is 8.83. The summed E-state index contributed by atoms with van der Waals surface area (Å²) in [5.74, 6) is -0.351. The minimum absolute atomic E-state index is 0.103. The second kappa shape index (κ2) is 7.08. The SMILES string of the molecule is Cc1c(-c2ccccc2F)[nH]c2ccc(CNC(=O)c3ccccc3)cc12. The fraction of sp³-hybridized carbons (Fsp3) is 0.0870. The Bertz CT molecular complexity index is 1120. The molecule has 0 aliphatic rings. The zero-order valence-electron chi connectivity index (χ0n) is 14.9. The minimum Gasteiger partial charge on any atom is -0.354 e. The molecule has 27 heavy (non-hydrogen) atoms. The Kier molecular flexibility index (Phi) is 4.47. The van der Waals surface area contributed by atoms with Crippen molar-refractivity contribution in [2.24, 2.45) is 0 Å². The highest BCUT2D eigenvalue weighted by Crippen LogP contribution is 2.31. The predicted octanol–water partition coefficient (Wildman–Crippen LogP) is 5.21. The van der Waals surface area contributed by atoms with Crippen LogP contribution in [-0.4, -0.2) is 10.9 Å². The van der Waals surface area contributed by atoms with E-state index in [1.165, 1.54) is 6.07 Å². The van der Waals surface area contributed by atoms with Gasteiger partial charge in [0.25, 0.3) is 5.91 Å². The van der Waals surface area contributed by atoms with E-state index in [1.54, 1.807) is 24.3 Å². The van der Waals surface area contributed by atoms with E-state index < -0.39 is 0 Å². The molecule has 0 saturated carbocycles. The summed E-state index contributed by atoms with van der Waals surface area (Å²) in [6.45, 7) is 2.41. The third-order valence-corrected chi connectivity index (χ3v) is 4.75. The van der Waals surface area contributed by atoms with Crippen LogP contribution in [0.1, 0.15) is 21.5 Å². The van der Waals surface area contributed by atoms with Gasteiger partial charge in [-0.25, -0.2) is 4.39 Å². The molecular weight excluding hydrogens is 339 g/mol. The molecule has 0 saturated heterocycles. The summed E-state index contributed by atoms with van der Waals surface area (Å²) in [7, 11) is 0. The van der Waals surface area contributed by atoms with Crippen LogP contribution in [0.4, 0.5) is 4.39 Å². The lowest BCUT2D eigenvalue weighted by Crippen LogP contribution is -2.22. The number of aromatic nitrogens is 1. The van der Waals surface area contributed by atoms with Gasteiger partial charge in [0, 0.05) is 28.6 Å². The summed E-state index contributed by atoms with van der Waals surface area (Å²) in [5, 5.41) is 3.97. The van der Waals surface area contributed by atoms with Gasteiger partial charge in [-0.2, -0.15) is 0 Å². The molecule has 0 bridgehead atoms. The highest BCUT2D eigenvalue weighted by atomic mass is 19.1. The van der Waals surface area contributed by atoms with E-state index in [1.807, 2.05) is 49.4 Å². The number of aromatic amines is 1. The molecule has 2 N–H and O–H groups in total. The summed E-state index contributed by atoms with van der Waals surface area (Å²) >= 11 is 0. The molecule has 0 radical (unpaired) electrons. The van der Waals surface area contributed by atoms with Crippen LogP contribution < -0.4 is 5.32 Å². The number of nitrogens with one attached hydrogen (secondary N) is 2. The predicted molar refractivity (Wildman–Crippen MR) is 106 cm³/mol. The number of rotatable bonds is 4. The molecule has 1 aromatic heterocycles. The summed E-state index contributed by atoms with van der Waals surface area (Å²) in [5.41, 5.74) is 4.92. The smallest absolute Gasteiger partial charge is 0.251 e. The molecule has 0 aliphatic carbocycles. The lowest BCUT2D eigenvalue weighted by atomic mass is 10.0. The molecule has 1 heterocycles. The topological polar surface area (TPSA) is 44.9 Å². The van der Waals surface area contributed by atoms with Crippen LogP contribution in [0.15, 0.2) is 72.8 Å². The van der Waals surface area contributed by atoms with Gasteiger partial charge >= 0.3 is 0 Å². The molecule has 3 nitrogen and oxygen atoms in total. The molecule has 0 fully saturated rings. The number of hydrogen-bond donors (Lipinski definition) is 2. The first-order valence-corrected chi connectivity index (χ1v) is 8.83. The quantitative estimate of drug-likeness (QED) is 0.517. The van der Waals surface area contributed by atoms with E-state index in [2.05, 4.69) is 10.3 Å². The normalized spacial score (nSPS) is 10.9. The summed E-state index contributed by atoms with van der Waals surface area (Å²) in [6.07, 6.45) is 0. The largest absolute Gasteiger partial charge is 0.354 e. The Morgan fingerprint density at radius 1 is 1.00 bits per heavy atom. The zero-order chi connectivity index (χ0) is 18.8. The lowest BCUT2D eigenvalue weighted by molar-refractivity contribution is 0.0951. The number of hydrogen-bond acceptors (Lipinski definition) is 1. The number of benzene rings is 3. The Morgan fingerprint density at radius 3 is 2.52 bits per heavy atom. The van der Waals surface area contributed by atoms with E-state index in [0.29, 0.717) is 17.7 Å². The fourth-order valence-corrected chi connectivity index (χ4v) is 3.29. The van der Waals surface area contributed by atoms with E-state index in [-0.39, 0.29) is 11.7 Å². The van der Waals surface area contributed by atoms with E-state index >= 15 is 0 Å². The third-order valence-electron chi connectivity index (χ3n) is 4.75. The first-order chi connectivity index (χ1) is 13.1. The number of amides is 1. The highest BCUT2D eigenvalue weighted by Gasteiger charge is 2.13. The van der Waals surface area contributed by atoms with Crippen LogP contribution in [0.2, 0.25) is 0 Å². The molecule has 4 heteroatoms. The van der Waals surface area contributed by atoms with Crippen molar-refractivity contribution in [3.8, 4) is 11.3 Å². The molecule has 0 spiro atoms. The maximum atomic E-state index is 14.2. The molecule has 1 amide bonds. The standard InChI is InChI=1S/C23H19FN2O/c1-15-19-13-16(14-25-23(27)17-7-3-2-4-8-17)11-12-21(19)26-22(15)18-9-5-6-10-20(18)24/h2-13,26H,14H2,1H3,(H,25,27). The van der Waals surface area contributed by atoms with Crippen molar-refractivity contribution < 1.29 is 9.18 Å². The van der Waals surface area contributed by atoms with Crippen molar-refractivity contribution in [2.45, 2.75) is 13.5 Å². The lowest BCUT2D eigenvalue weighted by Gasteiger charge is -2.06. The maximum Gasteiger partial charge on any atom is 0.251 e. The monoisotopic (exact) mass is 358 g/mol. The Labute approximate surface area is 156 Å².